The molecule has 2 aliphatic heterocycles. The highest BCUT2D eigenvalue weighted by Gasteiger charge is 2.35. The monoisotopic (exact) mass is 248 g/mol. The minimum atomic E-state index is 0.581. The van der Waals surface area contributed by atoms with Crippen molar-refractivity contribution >= 4 is 5.82 Å². The molecule has 1 aromatic heterocycles. The molecule has 3 heterocycles. The molecule has 18 heavy (non-hydrogen) atoms. The number of rotatable bonds is 2. The average Bonchev–Trinajstić information content (AvgIpc) is 2.85. The Hall–Kier alpha value is -1.36. The van der Waals surface area contributed by atoms with Crippen LogP contribution in [-0.4, -0.2) is 42.8 Å². The molecule has 0 aliphatic carbocycles. The molecule has 3 rings (SSSR count). The highest BCUT2D eigenvalue weighted by molar-refractivity contribution is 5.44. The molecule has 0 aromatic carbocycles. The average molecular weight is 248 g/mol. The van der Waals surface area contributed by atoms with Crippen LogP contribution in [-0.2, 0) is 0 Å². The summed E-state index contributed by atoms with van der Waals surface area (Å²) in [7, 11) is 1.65. The van der Waals surface area contributed by atoms with Crippen molar-refractivity contribution in [2.45, 2.75) is 25.8 Å². The van der Waals surface area contributed by atoms with Crippen molar-refractivity contribution in [3.8, 4) is 5.88 Å². The first kappa shape index (κ1) is 11.7. The van der Waals surface area contributed by atoms with E-state index in [4.69, 9.17) is 4.74 Å². The van der Waals surface area contributed by atoms with E-state index in [1.54, 1.807) is 7.11 Å². The summed E-state index contributed by atoms with van der Waals surface area (Å²) in [4.78, 5) is 11.3. The normalized spacial score (nSPS) is 27.1. The Morgan fingerprint density at radius 3 is 3.11 bits per heavy atom. The summed E-state index contributed by atoms with van der Waals surface area (Å²) in [5.41, 5.74) is 0. The first-order valence-electron chi connectivity index (χ1n) is 6.65. The van der Waals surface area contributed by atoms with Crippen molar-refractivity contribution in [1.29, 1.82) is 0 Å². The summed E-state index contributed by atoms with van der Waals surface area (Å²) >= 11 is 0. The number of aromatic nitrogens is 2. The van der Waals surface area contributed by atoms with Crippen molar-refractivity contribution < 1.29 is 4.74 Å². The predicted octanol–water partition coefficient (Wildman–Crippen LogP) is 0.982. The lowest BCUT2D eigenvalue weighted by atomic mass is 9.92. The number of methoxy groups -OCH3 is 1. The first-order chi connectivity index (χ1) is 8.78. The Morgan fingerprint density at radius 2 is 2.28 bits per heavy atom. The third-order valence-corrected chi connectivity index (χ3v) is 3.98. The summed E-state index contributed by atoms with van der Waals surface area (Å²) in [5, 5.41) is 3.49. The van der Waals surface area contributed by atoms with Gasteiger partial charge < -0.3 is 15.0 Å². The topological polar surface area (TPSA) is 50.3 Å². The van der Waals surface area contributed by atoms with E-state index in [9.17, 15) is 0 Å². The van der Waals surface area contributed by atoms with Crippen LogP contribution in [0.5, 0.6) is 5.88 Å². The SMILES string of the molecule is COc1cc(N2CCCC3CNCC32)nc(C)n1. The minimum Gasteiger partial charge on any atom is -0.481 e. The zero-order chi connectivity index (χ0) is 12.5. The molecule has 0 spiro atoms. The van der Waals surface area contributed by atoms with Gasteiger partial charge in [-0.15, -0.1) is 0 Å². The maximum atomic E-state index is 5.24. The third kappa shape index (κ3) is 2.03. The van der Waals surface area contributed by atoms with Gasteiger partial charge in [0.05, 0.1) is 7.11 Å². The van der Waals surface area contributed by atoms with Crippen LogP contribution in [0.15, 0.2) is 6.07 Å². The lowest BCUT2D eigenvalue weighted by molar-refractivity contribution is 0.377. The zero-order valence-corrected chi connectivity index (χ0v) is 11.0. The van der Waals surface area contributed by atoms with Gasteiger partial charge in [-0.25, -0.2) is 4.98 Å². The smallest absolute Gasteiger partial charge is 0.218 e. The van der Waals surface area contributed by atoms with Crippen LogP contribution in [0.1, 0.15) is 18.7 Å². The van der Waals surface area contributed by atoms with Crippen LogP contribution in [0.3, 0.4) is 0 Å². The van der Waals surface area contributed by atoms with Gasteiger partial charge in [0.15, 0.2) is 0 Å². The van der Waals surface area contributed by atoms with E-state index in [1.807, 2.05) is 13.0 Å². The molecular formula is C13H20N4O. The Labute approximate surface area is 108 Å². The first-order valence-corrected chi connectivity index (χ1v) is 6.65. The number of hydrogen-bond acceptors (Lipinski definition) is 5. The lowest BCUT2D eigenvalue weighted by Gasteiger charge is -2.38. The second kappa shape index (κ2) is 4.72. The number of aryl methyl sites for hydroxylation is 1. The molecule has 2 fully saturated rings. The van der Waals surface area contributed by atoms with Crippen molar-refractivity contribution in [2.75, 3.05) is 31.6 Å². The molecule has 1 N–H and O–H groups in total. The van der Waals surface area contributed by atoms with E-state index in [1.165, 1.54) is 12.8 Å². The van der Waals surface area contributed by atoms with Crippen LogP contribution in [0.2, 0.25) is 0 Å². The predicted molar refractivity (Wildman–Crippen MR) is 70.0 cm³/mol. The van der Waals surface area contributed by atoms with E-state index < -0.39 is 0 Å². The quantitative estimate of drug-likeness (QED) is 0.845. The summed E-state index contributed by atoms with van der Waals surface area (Å²) in [6.07, 6.45) is 2.57. The van der Waals surface area contributed by atoms with Crippen LogP contribution in [0.4, 0.5) is 5.82 Å². The van der Waals surface area contributed by atoms with Crippen molar-refractivity contribution in [2.24, 2.45) is 5.92 Å². The number of anilines is 1. The lowest BCUT2D eigenvalue weighted by Crippen LogP contribution is -2.45. The summed E-state index contributed by atoms with van der Waals surface area (Å²) in [6, 6.07) is 2.53. The Kier molecular flexibility index (Phi) is 3.07. The van der Waals surface area contributed by atoms with Crippen molar-refractivity contribution in [3.05, 3.63) is 11.9 Å². The second-order valence-corrected chi connectivity index (χ2v) is 5.14. The molecule has 2 saturated heterocycles. The van der Waals surface area contributed by atoms with Gasteiger partial charge >= 0.3 is 0 Å². The molecular weight excluding hydrogens is 228 g/mol. The largest absolute Gasteiger partial charge is 0.481 e. The number of fused-ring (bicyclic) bond motifs is 1. The number of nitrogens with one attached hydrogen (secondary N) is 1. The minimum absolute atomic E-state index is 0.581. The fourth-order valence-electron chi connectivity index (χ4n) is 3.13. The Morgan fingerprint density at radius 1 is 1.39 bits per heavy atom. The van der Waals surface area contributed by atoms with E-state index in [-0.39, 0.29) is 0 Å². The molecule has 1 aromatic rings. The number of ether oxygens (including phenoxy) is 1. The fourth-order valence-corrected chi connectivity index (χ4v) is 3.13. The van der Waals surface area contributed by atoms with Gasteiger partial charge in [0.2, 0.25) is 5.88 Å². The molecule has 0 amide bonds. The van der Waals surface area contributed by atoms with Gasteiger partial charge in [-0.05, 0) is 25.7 Å². The summed E-state index contributed by atoms with van der Waals surface area (Å²) < 4.78 is 5.24. The molecule has 0 bridgehead atoms. The highest BCUT2D eigenvalue weighted by atomic mass is 16.5. The maximum Gasteiger partial charge on any atom is 0.218 e. The van der Waals surface area contributed by atoms with E-state index in [2.05, 4.69) is 20.2 Å². The van der Waals surface area contributed by atoms with Crippen LogP contribution in [0, 0.1) is 12.8 Å². The third-order valence-electron chi connectivity index (χ3n) is 3.98. The summed E-state index contributed by atoms with van der Waals surface area (Å²) in [6.45, 7) is 5.21. The molecule has 5 heteroatoms. The van der Waals surface area contributed by atoms with E-state index >= 15 is 0 Å². The van der Waals surface area contributed by atoms with Gasteiger partial charge in [-0.3, -0.25) is 0 Å². The van der Waals surface area contributed by atoms with Gasteiger partial charge in [0, 0.05) is 31.7 Å². The molecule has 0 radical (unpaired) electrons. The molecule has 98 valence electrons. The Balaban J connectivity index is 1.90. The van der Waals surface area contributed by atoms with E-state index in [0.29, 0.717) is 11.9 Å². The zero-order valence-electron chi connectivity index (χ0n) is 11.0. The molecule has 0 saturated carbocycles. The molecule has 5 nitrogen and oxygen atoms in total. The van der Waals surface area contributed by atoms with Crippen LogP contribution < -0.4 is 15.0 Å². The van der Waals surface area contributed by atoms with Gasteiger partial charge in [-0.1, -0.05) is 0 Å². The van der Waals surface area contributed by atoms with Gasteiger partial charge in [0.25, 0.3) is 0 Å². The van der Waals surface area contributed by atoms with Crippen LogP contribution in [0.25, 0.3) is 0 Å². The number of piperidine rings is 1. The second-order valence-electron chi connectivity index (χ2n) is 5.14. The molecule has 2 atom stereocenters. The molecule has 2 unspecified atom stereocenters. The standard InChI is InChI=1S/C13H20N4O/c1-9-15-12(6-13(16-9)18-2)17-5-3-4-10-7-14-8-11(10)17/h6,10-11,14H,3-5,7-8H2,1-2H3. The molecule has 2 aliphatic rings. The van der Waals surface area contributed by atoms with Crippen LogP contribution >= 0.6 is 0 Å². The number of nitrogens with zero attached hydrogens (tertiary/aromatic N) is 3. The van der Waals surface area contributed by atoms with Crippen molar-refractivity contribution in [1.82, 2.24) is 15.3 Å². The fraction of sp³-hybridized carbons (Fsp3) is 0.692. The number of hydrogen-bond donors (Lipinski definition) is 1. The van der Waals surface area contributed by atoms with Gasteiger partial charge in [-0.2, -0.15) is 4.98 Å². The van der Waals surface area contributed by atoms with Crippen molar-refractivity contribution in [3.63, 3.8) is 0 Å². The summed E-state index contributed by atoms with van der Waals surface area (Å²) in [5.74, 6) is 3.21. The highest BCUT2D eigenvalue weighted by Crippen LogP contribution is 2.30. The maximum absolute atomic E-state index is 5.24. The Bertz CT molecular complexity index is 437. The van der Waals surface area contributed by atoms with E-state index in [0.717, 1.165) is 37.2 Å². The van der Waals surface area contributed by atoms with Gasteiger partial charge in [0.1, 0.15) is 11.6 Å².